The lowest BCUT2D eigenvalue weighted by atomic mass is 10.0. The summed E-state index contributed by atoms with van der Waals surface area (Å²) in [5.74, 6) is 0.101. The van der Waals surface area contributed by atoms with E-state index in [4.69, 9.17) is 14.2 Å². The van der Waals surface area contributed by atoms with E-state index in [9.17, 15) is 17.6 Å². The molecule has 1 amide bonds. The number of amides is 1. The van der Waals surface area contributed by atoms with Gasteiger partial charge in [0, 0.05) is 57.5 Å². The summed E-state index contributed by atoms with van der Waals surface area (Å²) in [5, 5.41) is 0. The molecule has 0 aliphatic carbocycles. The second-order valence-electron chi connectivity index (χ2n) is 10.6. The molecule has 0 saturated heterocycles. The maximum atomic E-state index is 14.6. The van der Waals surface area contributed by atoms with Gasteiger partial charge in [0.05, 0.1) is 29.4 Å². The van der Waals surface area contributed by atoms with E-state index in [-0.39, 0.29) is 58.3 Å². The number of hydrogen-bond acceptors (Lipinski definition) is 7. The number of sulfonamides is 1. The largest absolute Gasteiger partial charge is 0.497 e. The highest BCUT2D eigenvalue weighted by Crippen LogP contribution is 2.29. The van der Waals surface area contributed by atoms with Crippen LogP contribution in [0, 0.1) is 11.7 Å². The molecule has 42 heavy (non-hydrogen) atoms. The fraction of sp³-hybridized carbons (Fsp3) is 0.387. The number of ether oxygens (including phenoxy) is 3. The van der Waals surface area contributed by atoms with Gasteiger partial charge in [-0.05, 0) is 43.2 Å². The summed E-state index contributed by atoms with van der Waals surface area (Å²) in [6.45, 7) is 5.46. The Labute approximate surface area is 247 Å². The van der Waals surface area contributed by atoms with Gasteiger partial charge < -0.3 is 19.1 Å². The highest BCUT2D eigenvalue weighted by molar-refractivity contribution is 7.92. The minimum Gasteiger partial charge on any atom is -0.497 e. The topological polar surface area (TPSA) is 97.4 Å². The van der Waals surface area contributed by atoms with Gasteiger partial charge in [-0.15, -0.1) is 0 Å². The number of carbonyl (C=O) groups excluding carboxylic acids is 1. The second kappa shape index (κ2) is 13.5. The van der Waals surface area contributed by atoms with Crippen LogP contribution in [0.25, 0.3) is 0 Å². The number of methoxy groups -OCH3 is 2. The van der Waals surface area contributed by atoms with E-state index in [2.05, 4.69) is 16.5 Å². The van der Waals surface area contributed by atoms with Gasteiger partial charge in [-0.3, -0.25) is 14.4 Å². The van der Waals surface area contributed by atoms with Crippen LogP contribution in [0.5, 0.6) is 11.5 Å². The lowest BCUT2D eigenvalue weighted by molar-refractivity contribution is 0.00904. The van der Waals surface area contributed by atoms with Gasteiger partial charge in [-0.2, -0.15) is 0 Å². The van der Waals surface area contributed by atoms with Crippen LogP contribution in [0.4, 0.5) is 10.1 Å². The zero-order chi connectivity index (χ0) is 30.4. The Morgan fingerprint density at radius 2 is 1.79 bits per heavy atom. The number of carbonyl (C=O) groups is 1. The standard InChI is InChI=1S/C31H38FN3O6S/c1-21-17-35(18-23-9-6-7-12-28(23)32)22(2)20-41-29-15-24(13-14-27(29)31(36)34(3)19-30(21)40-5)33-42(37,38)26-11-8-10-25(16-26)39-4/h6-16,21-22,30,33H,17-20H2,1-5H3/t21-,22-,30-/m1/s1. The first kappa shape index (κ1) is 31.3. The summed E-state index contributed by atoms with van der Waals surface area (Å²) in [4.78, 5) is 17.3. The van der Waals surface area contributed by atoms with Crippen LogP contribution in [0.2, 0.25) is 0 Å². The van der Waals surface area contributed by atoms with Crippen molar-refractivity contribution in [1.82, 2.24) is 9.80 Å². The van der Waals surface area contributed by atoms with E-state index in [1.54, 1.807) is 49.4 Å². The van der Waals surface area contributed by atoms with Crippen LogP contribution in [0.3, 0.4) is 0 Å². The molecule has 0 fully saturated rings. The van der Waals surface area contributed by atoms with Crippen molar-refractivity contribution in [2.45, 2.75) is 37.4 Å². The summed E-state index contributed by atoms with van der Waals surface area (Å²) in [5.41, 5.74) is 1.09. The molecule has 0 aromatic heterocycles. The number of nitrogens with zero attached hydrogens (tertiary/aromatic N) is 2. The molecule has 0 radical (unpaired) electrons. The van der Waals surface area contributed by atoms with Crippen molar-refractivity contribution in [2.75, 3.05) is 45.7 Å². The summed E-state index contributed by atoms with van der Waals surface area (Å²) < 4.78 is 60.6. The van der Waals surface area contributed by atoms with E-state index < -0.39 is 10.0 Å². The molecule has 11 heteroatoms. The van der Waals surface area contributed by atoms with Gasteiger partial charge in [0.2, 0.25) is 0 Å². The molecule has 0 bridgehead atoms. The molecule has 1 heterocycles. The number of nitrogens with one attached hydrogen (secondary N) is 1. The monoisotopic (exact) mass is 599 g/mol. The van der Waals surface area contributed by atoms with Crippen LogP contribution in [-0.2, 0) is 21.3 Å². The highest BCUT2D eigenvalue weighted by atomic mass is 32.2. The van der Waals surface area contributed by atoms with Crippen LogP contribution in [0.15, 0.2) is 71.6 Å². The molecular weight excluding hydrogens is 561 g/mol. The van der Waals surface area contributed by atoms with Crippen LogP contribution in [-0.4, -0.2) is 77.2 Å². The van der Waals surface area contributed by atoms with Crippen molar-refractivity contribution < 1.29 is 31.8 Å². The predicted molar refractivity (Wildman–Crippen MR) is 159 cm³/mol. The van der Waals surface area contributed by atoms with E-state index in [1.807, 2.05) is 13.0 Å². The number of halogens is 1. The molecule has 3 atom stereocenters. The molecule has 1 N–H and O–H groups in total. The molecule has 1 aliphatic heterocycles. The Morgan fingerprint density at radius 1 is 1.02 bits per heavy atom. The number of likely N-dealkylation sites (N-methyl/N-ethyl adjacent to an activating group) is 1. The molecule has 3 aromatic rings. The van der Waals surface area contributed by atoms with E-state index in [1.165, 1.54) is 37.4 Å². The van der Waals surface area contributed by atoms with E-state index in [0.29, 0.717) is 30.9 Å². The molecule has 9 nitrogen and oxygen atoms in total. The number of anilines is 1. The predicted octanol–water partition coefficient (Wildman–Crippen LogP) is 4.64. The van der Waals surface area contributed by atoms with Gasteiger partial charge in [0.1, 0.15) is 23.9 Å². The van der Waals surface area contributed by atoms with Crippen molar-refractivity contribution in [3.8, 4) is 11.5 Å². The normalized spacial score (nSPS) is 20.6. The second-order valence-corrected chi connectivity index (χ2v) is 12.3. The zero-order valence-corrected chi connectivity index (χ0v) is 25.4. The number of benzene rings is 3. The molecular formula is C31H38FN3O6S. The van der Waals surface area contributed by atoms with Crippen molar-refractivity contribution in [3.05, 3.63) is 83.7 Å². The van der Waals surface area contributed by atoms with Gasteiger partial charge in [0.25, 0.3) is 15.9 Å². The molecule has 1 aliphatic rings. The number of rotatable bonds is 7. The van der Waals surface area contributed by atoms with Crippen LogP contribution >= 0.6 is 0 Å². The first-order chi connectivity index (χ1) is 20.0. The molecule has 3 aromatic carbocycles. The third kappa shape index (κ3) is 7.39. The number of hydrogen-bond donors (Lipinski definition) is 1. The average molecular weight is 600 g/mol. The fourth-order valence-electron chi connectivity index (χ4n) is 4.96. The van der Waals surface area contributed by atoms with E-state index >= 15 is 0 Å². The van der Waals surface area contributed by atoms with Gasteiger partial charge >= 0.3 is 0 Å². The maximum absolute atomic E-state index is 14.6. The molecule has 0 spiro atoms. The third-order valence-corrected chi connectivity index (χ3v) is 8.89. The zero-order valence-electron chi connectivity index (χ0n) is 24.5. The Balaban J connectivity index is 1.67. The molecule has 0 saturated carbocycles. The van der Waals surface area contributed by atoms with Crippen LogP contribution in [0.1, 0.15) is 29.8 Å². The minimum atomic E-state index is -3.95. The van der Waals surface area contributed by atoms with Crippen molar-refractivity contribution in [3.63, 3.8) is 0 Å². The Morgan fingerprint density at radius 3 is 2.50 bits per heavy atom. The Bertz CT molecular complexity index is 1500. The average Bonchev–Trinajstić information content (AvgIpc) is 2.98. The van der Waals surface area contributed by atoms with Crippen LogP contribution < -0.4 is 14.2 Å². The third-order valence-electron chi connectivity index (χ3n) is 7.51. The summed E-state index contributed by atoms with van der Waals surface area (Å²) in [6, 6.07) is 17.2. The van der Waals surface area contributed by atoms with E-state index in [0.717, 1.165) is 0 Å². The lowest BCUT2D eigenvalue weighted by Crippen LogP contribution is -2.46. The van der Waals surface area contributed by atoms with Gasteiger partial charge in [-0.1, -0.05) is 31.2 Å². The van der Waals surface area contributed by atoms with Gasteiger partial charge in [-0.25, -0.2) is 12.8 Å². The smallest absolute Gasteiger partial charge is 0.262 e. The van der Waals surface area contributed by atoms with Crippen molar-refractivity contribution >= 4 is 21.6 Å². The van der Waals surface area contributed by atoms with Crippen molar-refractivity contribution in [2.24, 2.45) is 5.92 Å². The first-order valence-corrected chi connectivity index (χ1v) is 15.2. The van der Waals surface area contributed by atoms with Gasteiger partial charge in [0.15, 0.2) is 0 Å². The van der Waals surface area contributed by atoms with Crippen molar-refractivity contribution in [1.29, 1.82) is 0 Å². The molecule has 0 unspecified atom stereocenters. The summed E-state index contributed by atoms with van der Waals surface area (Å²) in [7, 11) is 0.817. The number of fused-ring (bicyclic) bond motifs is 1. The molecule has 4 rings (SSSR count). The lowest BCUT2D eigenvalue weighted by Gasteiger charge is -2.36. The maximum Gasteiger partial charge on any atom is 0.262 e. The SMILES string of the molecule is COc1cccc(S(=O)(=O)Nc2ccc3c(c2)OC[C@@H](C)N(Cc2ccccc2F)C[C@@H](C)[C@H](OC)CN(C)C3=O)c1. The quantitative estimate of drug-likeness (QED) is 0.423. The summed E-state index contributed by atoms with van der Waals surface area (Å²) in [6.07, 6.45) is -0.271. The highest BCUT2D eigenvalue weighted by Gasteiger charge is 2.29. The minimum absolute atomic E-state index is 0.0202. The Kier molecular flexibility index (Phi) is 10.1. The molecule has 226 valence electrons. The first-order valence-electron chi connectivity index (χ1n) is 13.7. The Hall–Kier alpha value is -3.67. The fourth-order valence-corrected chi connectivity index (χ4v) is 6.04. The summed E-state index contributed by atoms with van der Waals surface area (Å²) >= 11 is 0.